The standard InChI is InChI=1S/C14H14O2/c1-3-12(11-16-14(15)4-2)10-13-8-6-5-7-9-13/h3-10H,1-2,11H2/b12-10-. The van der Waals surface area contributed by atoms with Crippen molar-refractivity contribution in [1.82, 2.24) is 0 Å². The lowest BCUT2D eigenvalue weighted by Gasteiger charge is -2.03. The quantitative estimate of drug-likeness (QED) is 0.428. The van der Waals surface area contributed by atoms with Crippen molar-refractivity contribution in [3.63, 3.8) is 0 Å². The molecule has 0 amide bonds. The molecule has 0 aliphatic heterocycles. The molecule has 0 saturated heterocycles. The minimum atomic E-state index is -0.430. The van der Waals surface area contributed by atoms with Gasteiger partial charge in [0.05, 0.1) is 0 Å². The molecule has 2 nitrogen and oxygen atoms in total. The Bertz CT molecular complexity index is 402. The van der Waals surface area contributed by atoms with E-state index in [1.54, 1.807) is 6.08 Å². The van der Waals surface area contributed by atoms with Crippen LogP contribution in [0.1, 0.15) is 5.56 Å². The molecule has 1 aromatic carbocycles. The van der Waals surface area contributed by atoms with Crippen molar-refractivity contribution in [2.75, 3.05) is 6.61 Å². The highest BCUT2D eigenvalue weighted by Gasteiger charge is 1.98. The van der Waals surface area contributed by atoms with Crippen molar-refractivity contribution >= 4 is 12.0 Å². The maximum absolute atomic E-state index is 10.9. The van der Waals surface area contributed by atoms with Crippen LogP contribution in [-0.4, -0.2) is 12.6 Å². The molecule has 0 bridgehead atoms. The summed E-state index contributed by atoms with van der Waals surface area (Å²) in [6, 6.07) is 9.78. The molecule has 1 rings (SSSR count). The van der Waals surface area contributed by atoms with E-state index in [0.29, 0.717) is 0 Å². The zero-order valence-electron chi connectivity index (χ0n) is 9.06. The van der Waals surface area contributed by atoms with E-state index < -0.39 is 5.97 Å². The maximum Gasteiger partial charge on any atom is 0.330 e. The fraction of sp³-hybridized carbons (Fsp3) is 0.0714. The van der Waals surface area contributed by atoms with Gasteiger partial charge < -0.3 is 4.74 Å². The third-order valence-electron chi connectivity index (χ3n) is 1.96. The third-order valence-corrected chi connectivity index (χ3v) is 1.96. The zero-order valence-corrected chi connectivity index (χ0v) is 9.06. The van der Waals surface area contributed by atoms with E-state index in [4.69, 9.17) is 4.74 Å². The molecule has 0 heterocycles. The highest BCUT2D eigenvalue weighted by molar-refractivity contribution is 5.81. The largest absolute Gasteiger partial charge is 0.458 e. The second-order valence-corrected chi connectivity index (χ2v) is 3.15. The smallest absolute Gasteiger partial charge is 0.330 e. The molecule has 0 aliphatic carbocycles. The van der Waals surface area contributed by atoms with Gasteiger partial charge in [-0.2, -0.15) is 0 Å². The van der Waals surface area contributed by atoms with Crippen LogP contribution in [-0.2, 0) is 9.53 Å². The Kier molecular flexibility index (Phi) is 4.80. The summed E-state index contributed by atoms with van der Waals surface area (Å²) in [6.45, 7) is 7.22. The lowest BCUT2D eigenvalue weighted by Crippen LogP contribution is -2.02. The molecular formula is C14H14O2. The number of esters is 1. The zero-order chi connectivity index (χ0) is 11.8. The molecule has 0 fully saturated rings. The highest BCUT2D eigenvalue weighted by Crippen LogP contribution is 2.07. The molecule has 16 heavy (non-hydrogen) atoms. The second kappa shape index (κ2) is 6.40. The fourth-order valence-corrected chi connectivity index (χ4v) is 1.14. The predicted octanol–water partition coefficient (Wildman–Crippen LogP) is 2.99. The summed E-state index contributed by atoms with van der Waals surface area (Å²) < 4.78 is 4.92. The van der Waals surface area contributed by atoms with Crippen molar-refractivity contribution < 1.29 is 9.53 Å². The third kappa shape index (κ3) is 3.96. The number of carbonyl (C=O) groups excluding carboxylic acids is 1. The van der Waals surface area contributed by atoms with Crippen molar-refractivity contribution in [2.45, 2.75) is 0 Å². The first-order chi connectivity index (χ1) is 7.76. The van der Waals surface area contributed by atoms with Crippen LogP contribution in [0, 0.1) is 0 Å². The lowest BCUT2D eigenvalue weighted by atomic mass is 10.1. The lowest BCUT2D eigenvalue weighted by molar-refractivity contribution is -0.136. The number of rotatable bonds is 5. The molecule has 2 heteroatoms. The van der Waals surface area contributed by atoms with Gasteiger partial charge >= 0.3 is 5.97 Å². The molecule has 0 spiro atoms. The van der Waals surface area contributed by atoms with Crippen molar-refractivity contribution in [1.29, 1.82) is 0 Å². The number of benzene rings is 1. The SMILES string of the molecule is C=CC(=O)OC/C(C=C)=C\c1ccccc1. The normalized spacial score (nSPS) is 10.6. The predicted molar refractivity (Wildman–Crippen MR) is 65.8 cm³/mol. The second-order valence-electron chi connectivity index (χ2n) is 3.15. The van der Waals surface area contributed by atoms with Gasteiger partial charge in [-0.25, -0.2) is 4.79 Å². The van der Waals surface area contributed by atoms with Crippen molar-refractivity contribution in [2.24, 2.45) is 0 Å². The summed E-state index contributed by atoms with van der Waals surface area (Å²) in [5, 5.41) is 0. The van der Waals surface area contributed by atoms with Crippen LogP contribution in [0.3, 0.4) is 0 Å². The molecule has 0 unspecified atom stereocenters. The van der Waals surface area contributed by atoms with Crippen LogP contribution >= 0.6 is 0 Å². The molecule has 0 aromatic heterocycles. The summed E-state index contributed by atoms with van der Waals surface area (Å²) in [6.07, 6.45) is 4.73. The van der Waals surface area contributed by atoms with Gasteiger partial charge in [0.25, 0.3) is 0 Å². The Labute approximate surface area is 95.6 Å². The summed E-state index contributed by atoms with van der Waals surface area (Å²) in [5.41, 5.74) is 1.90. The molecule has 0 radical (unpaired) electrons. The van der Waals surface area contributed by atoms with Crippen LogP contribution in [0.2, 0.25) is 0 Å². The summed E-state index contributed by atoms with van der Waals surface area (Å²) in [4.78, 5) is 10.9. The Morgan fingerprint density at radius 2 is 1.88 bits per heavy atom. The minimum absolute atomic E-state index is 0.212. The van der Waals surface area contributed by atoms with Gasteiger partial charge in [0, 0.05) is 6.08 Å². The number of hydrogen-bond donors (Lipinski definition) is 0. The Morgan fingerprint density at radius 3 is 2.44 bits per heavy atom. The molecule has 0 atom stereocenters. The molecule has 0 saturated carbocycles. The van der Waals surface area contributed by atoms with Crippen LogP contribution in [0.15, 0.2) is 61.2 Å². The van der Waals surface area contributed by atoms with E-state index in [9.17, 15) is 4.79 Å². The van der Waals surface area contributed by atoms with Gasteiger partial charge in [-0.3, -0.25) is 0 Å². The van der Waals surface area contributed by atoms with E-state index in [1.807, 2.05) is 36.4 Å². The van der Waals surface area contributed by atoms with E-state index in [2.05, 4.69) is 13.2 Å². The van der Waals surface area contributed by atoms with Crippen molar-refractivity contribution in [3.05, 3.63) is 66.8 Å². The first-order valence-electron chi connectivity index (χ1n) is 4.93. The van der Waals surface area contributed by atoms with Crippen LogP contribution in [0.4, 0.5) is 0 Å². The first-order valence-corrected chi connectivity index (χ1v) is 4.93. The average molecular weight is 214 g/mol. The number of ether oxygens (including phenoxy) is 1. The van der Waals surface area contributed by atoms with Crippen LogP contribution in [0.5, 0.6) is 0 Å². The topological polar surface area (TPSA) is 26.3 Å². The highest BCUT2D eigenvalue weighted by atomic mass is 16.5. The summed E-state index contributed by atoms with van der Waals surface area (Å²) in [5.74, 6) is -0.430. The Balaban J connectivity index is 2.67. The van der Waals surface area contributed by atoms with Crippen molar-refractivity contribution in [3.8, 4) is 0 Å². The summed E-state index contributed by atoms with van der Waals surface area (Å²) in [7, 11) is 0. The van der Waals surface area contributed by atoms with Gasteiger partial charge in [-0.15, -0.1) is 0 Å². The molecule has 0 aliphatic rings. The van der Waals surface area contributed by atoms with E-state index in [-0.39, 0.29) is 6.61 Å². The molecule has 0 N–H and O–H groups in total. The molecule has 1 aromatic rings. The van der Waals surface area contributed by atoms with Gasteiger partial charge in [0.15, 0.2) is 0 Å². The Morgan fingerprint density at radius 1 is 1.19 bits per heavy atom. The minimum Gasteiger partial charge on any atom is -0.458 e. The van der Waals surface area contributed by atoms with Gasteiger partial charge in [-0.1, -0.05) is 49.6 Å². The molecule has 82 valence electrons. The van der Waals surface area contributed by atoms with Gasteiger partial charge in [-0.05, 0) is 17.2 Å². The van der Waals surface area contributed by atoms with E-state index in [0.717, 1.165) is 17.2 Å². The fourth-order valence-electron chi connectivity index (χ4n) is 1.14. The average Bonchev–Trinajstić information content (AvgIpc) is 2.35. The maximum atomic E-state index is 10.9. The van der Waals surface area contributed by atoms with Crippen LogP contribution < -0.4 is 0 Å². The van der Waals surface area contributed by atoms with E-state index >= 15 is 0 Å². The van der Waals surface area contributed by atoms with Gasteiger partial charge in [0.2, 0.25) is 0 Å². The van der Waals surface area contributed by atoms with E-state index in [1.165, 1.54) is 0 Å². The van der Waals surface area contributed by atoms with Gasteiger partial charge in [0.1, 0.15) is 6.61 Å². The molecular weight excluding hydrogens is 200 g/mol. The monoisotopic (exact) mass is 214 g/mol. The summed E-state index contributed by atoms with van der Waals surface area (Å²) >= 11 is 0. The Hall–Kier alpha value is -2.09. The number of carbonyl (C=O) groups is 1. The first kappa shape index (κ1) is 12.0. The number of hydrogen-bond acceptors (Lipinski definition) is 2. The van der Waals surface area contributed by atoms with Crippen LogP contribution in [0.25, 0.3) is 6.08 Å².